The van der Waals surface area contributed by atoms with E-state index in [1.807, 2.05) is 43.3 Å². The van der Waals surface area contributed by atoms with Gasteiger partial charge in [-0.05, 0) is 24.6 Å². The topological polar surface area (TPSA) is 23.5 Å². The van der Waals surface area contributed by atoms with Crippen molar-refractivity contribution in [2.24, 2.45) is 5.92 Å². The fourth-order valence-electron chi connectivity index (χ4n) is 2.86. The first-order valence-electron chi connectivity index (χ1n) is 6.81. The summed E-state index contributed by atoms with van der Waals surface area (Å²) in [6.07, 6.45) is -0.437. The van der Waals surface area contributed by atoms with Crippen LogP contribution in [0.4, 0.5) is 5.69 Å². The van der Waals surface area contributed by atoms with Crippen molar-refractivity contribution in [3.63, 3.8) is 0 Å². The zero-order chi connectivity index (χ0) is 14.1. The molecule has 0 aliphatic carbocycles. The van der Waals surface area contributed by atoms with E-state index in [0.717, 1.165) is 10.7 Å². The first kappa shape index (κ1) is 13.3. The lowest BCUT2D eigenvalue weighted by atomic mass is 9.79. The van der Waals surface area contributed by atoms with Crippen LogP contribution in [0.2, 0.25) is 0 Å². The van der Waals surface area contributed by atoms with E-state index in [1.54, 1.807) is 0 Å². The molecule has 0 saturated carbocycles. The monoisotopic (exact) mass is 283 g/mol. The zero-order valence-electron chi connectivity index (χ0n) is 11.3. The average molecular weight is 283 g/mol. The normalized spacial score (nSPS) is 23.3. The highest BCUT2D eigenvalue weighted by atomic mass is 32.1. The average Bonchev–Trinajstić information content (AvgIpc) is 2.46. The van der Waals surface area contributed by atoms with Crippen LogP contribution in [0.25, 0.3) is 0 Å². The molecule has 0 aromatic heterocycles. The summed E-state index contributed by atoms with van der Waals surface area (Å²) in [7, 11) is 0. The molecular formula is C17H17NOS. The Balaban J connectivity index is 2.00. The second-order valence-corrected chi connectivity index (χ2v) is 5.58. The second-order valence-electron chi connectivity index (χ2n) is 5.17. The molecule has 2 aromatic rings. The third-order valence-electron chi connectivity index (χ3n) is 3.84. The van der Waals surface area contributed by atoms with E-state index in [4.69, 9.17) is 12.2 Å². The highest BCUT2D eigenvalue weighted by Crippen LogP contribution is 2.45. The molecule has 3 heteroatoms. The van der Waals surface area contributed by atoms with Gasteiger partial charge in [-0.2, -0.15) is 0 Å². The van der Waals surface area contributed by atoms with Crippen LogP contribution >= 0.6 is 12.2 Å². The van der Waals surface area contributed by atoms with Gasteiger partial charge in [0.15, 0.2) is 0 Å². The van der Waals surface area contributed by atoms with Crippen LogP contribution in [-0.4, -0.2) is 16.2 Å². The molecule has 0 radical (unpaired) electrons. The molecule has 1 N–H and O–H groups in total. The van der Waals surface area contributed by atoms with E-state index < -0.39 is 6.10 Å². The Kier molecular flexibility index (Phi) is 3.55. The van der Waals surface area contributed by atoms with Crippen molar-refractivity contribution in [3.05, 3.63) is 66.2 Å². The van der Waals surface area contributed by atoms with E-state index in [1.165, 1.54) is 5.56 Å². The Morgan fingerprint density at radius 2 is 1.55 bits per heavy atom. The van der Waals surface area contributed by atoms with Crippen molar-refractivity contribution in [2.75, 3.05) is 4.90 Å². The molecular weight excluding hydrogens is 266 g/mol. The molecule has 1 fully saturated rings. The number of aliphatic hydroxyl groups is 1. The number of rotatable bonds is 3. The Labute approximate surface area is 124 Å². The minimum atomic E-state index is -0.437. The quantitative estimate of drug-likeness (QED) is 0.871. The molecule has 1 saturated heterocycles. The molecule has 2 nitrogen and oxygen atoms in total. The van der Waals surface area contributed by atoms with E-state index >= 15 is 0 Å². The predicted octanol–water partition coefficient (Wildman–Crippen LogP) is 3.57. The van der Waals surface area contributed by atoms with Crippen LogP contribution in [-0.2, 0) is 0 Å². The Hall–Kier alpha value is -1.71. The summed E-state index contributed by atoms with van der Waals surface area (Å²) < 4.78 is 0. The molecule has 0 spiro atoms. The molecule has 1 aliphatic heterocycles. The Morgan fingerprint density at radius 3 is 2.10 bits per heavy atom. The van der Waals surface area contributed by atoms with Gasteiger partial charge in [-0.1, -0.05) is 60.7 Å². The van der Waals surface area contributed by atoms with Crippen molar-refractivity contribution in [1.29, 1.82) is 0 Å². The van der Waals surface area contributed by atoms with Crippen LogP contribution in [0.5, 0.6) is 0 Å². The maximum atomic E-state index is 10.0. The van der Waals surface area contributed by atoms with Gasteiger partial charge >= 0.3 is 0 Å². The van der Waals surface area contributed by atoms with Crippen molar-refractivity contribution < 1.29 is 5.11 Å². The maximum Gasteiger partial charge on any atom is 0.0911 e. The third-order valence-corrected chi connectivity index (χ3v) is 4.30. The minimum Gasteiger partial charge on any atom is -0.393 e. The summed E-state index contributed by atoms with van der Waals surface area (Å²) in [6.45, 7) is 1.81. The largest absolute Gasteiger partial charge is 0.393 e. The molecule has 1 heterocycles. The fraction of sp³-hybridized carbons (Fsp3) is 0.235. The predicted molar refractivity (Wildman–Crippen MR) is 85.9 cm³/mol. The first-order valence-corrected chi connectivity index (χ1v) is 7.22. The number of nitrogens with zero attached hydrogens (tertiary/aromatic N) is 1. The van der Waals surface area contributed by atoms with Gasteiger partial charge < -0.3 is 10.0 Å². The molecule has 1 aliphatic rings. The Bertz CT molecular complexity index is 597. The van der Waals surface area contributed by atoms with Crippen LogP contribution in [0.3, 0.4) is 0 Å². The summed E-state index contributed by atoms with van der Waals surface area (Å²) >= 11 is 5.53. The van der Waals surface area contributed by atoms with Gasteiger partial charge in [0, 0.05) is 5.69 Å². The summed E-state index contributed by atoms with van der Waals surface area (Å²) in [5.41, 5.74) is 2.28. The standard InChI is InChI=1S/C17H17NOS/c1-12(19)15-16(13-8-4-2-5-9-13)18(17(15)20)14-10-6-3-7-11-14/h2-12,15-16,19H,1H3/t12-,15-,16+/m1/s1. The molecule has 3 rings (SSSR count). The maximum absolute atomic E-state index is 10.0. The molecule has 0 unspecified atom stereocenters. The van der Waals surface area contributed by atoms with Crippen molar-refractivity contribution in [2.45, 2.75) is 19.1 Å². The molecule has 3 atom stereocenters. The molecule has 2 aromatic carbocycles. The van der Waals surface area contributed by atoms with E-state index in [0.29, 0.717) is 0 Å². The summed E-state index contributed by atoms with van der Waals surface area (Å²) in [5, 5.41) is 10.0. The van der Waals surface area contributed by atoms with Crippen molar-refractivity contribution in [1.82, 2.24) is 0 Å². The minimum absolute atomic E-state index is 0.00704. The van der Waals surface area contributed by atoms with Gasteiger partial charge in [-0.25, -0.2) is 0 Å². The highest BCUT2D eigenvalue weighted by molar-refractivity contribution is 7.80. The number of hydrogen-bond acceptors (Lipinski definition) is 2. The fourth-order valence-corrected chi connectivity index (χ4v) is 3.41. The van der Waals surface area contributed by atoms with Gasteiger partial charge in [0.05, 0.1) is 23.1 Å². The lowest BCUT2D eigenvalue weighted by Gasteiger charge is -2.51. The number of thiocarbonyl (C=S) groups is 1. The van der Waals surface area contributed by atoms with Crippen LogP contribution in [0.15, 0.2) is 60.7 Å². The van der Waals surface area contributed by atoms with Crippen LogP contribution in [0, 0.1) is 5.92 Å². The van der Waals surface area contributed by atoms with E-state index in [-0.39, 0.29) is 12.0 Å². The number of benzene rings is 2. The number of aliphatic hydroxyl groups excluding tert-OH is 1. The van der Waals surface area contributed by atoms with E-state index in [2.05, 4.69) is 29.2 Å². The first-order chi connectivity index (χ1) is 9.70. The molecule has 0 bridgehead atoms. The lowest BCUT2D eigenvalue weighted by Crippen LogP contribution is -2.58. The van der Waals surface area contributed by atoms with Gasteiger partial charge in [0.1, 0.15) is 0 Å². The summed E-state index contributed by atoms with van der Waals surface area (Å²) in [6, 6.07) is 20.5. The second kappa shape index (κ2) is 5.35. The highest BCUT2D eigenvalue weighted by Gasteiger charge is 2.47. The summed E-state index contributed by atoms with van der Waals surface area (Å²) in [5.74, 6) is 0.00704. The van der Waals surface area contributed by atoms with Crippen LogP contribution < -0.4 is 4.90 Å². The number of hydrogen-bond donors (Lipinski definition) is 1. The Morgan fingerprint density at radius 1 is 1.00 bits per heavy atom. The van der Waals surface area contributed by atoms with Gasteiger partial charge in [0.2, 0.25) is 0 Å². The number of para-hydroxylation sites is 1. The van der Waals surface area contributed by atoms with Gasteiger partial charge in [-0.15, -0.1) is 0 Å². The van der Waals surface area contributed by atoms with Crippen molar-refractivity contribution >= 4 is 22.9 Å². The molecule has 20 heavy (non-hydrogen) atoms. The number of anilines is 1. The SMILES string of the molecule is C[C@@H](O)[C@H]1C(=S)N(c2ccccc2)[C@H]1c1ccccc1. The zero-order valence-corrected chi connectivity index (χ0v) is 12.1. The third kappa shape index (κ3) is 2.13. The van der Waals surface area contributed by atoms with E-state index in [9.17, 15) is 5.11 Å². The molecule has 0 amide bonds. The van der Waals surface area contributed by atoms with Gasteiger partial charge in [-0.3, -0.25) is 0 Å². The lowest BCUT2D eigenvalue weighted by molar-refractivity contribution is 0.131. The smallest absolute Gasteiger partial charge is 0.0911 e. The molecule has 102 valence electrons. The van der Waals surface area contributed by atoms with Gasteiger partial charge in [0.25, 0.3) is 0 Å². The van der Waals surface area contributed by atoms with Crippen molar-refractivity contribution in [3.8, 4) is 0 Å². The van der Waals surface area contributed by atoms with Crippen LogP contribution in [0.1, 0.15) is 18.5 Å². The summed E-state index contributed by atoms with van der Waals surface area (Å²) in [4.78, 5) is 2.96.